The summed E-state index contributed by atoms with van der Waals surface area (Å²) >= 11 is 0. The van der Waals surface area contributed by atoms with Crippen LogP contribution in [0.5, 0.6) is 0 Å². The minimum Gasteiger partial charge on any atom is -0.415 e. The van der Waals surface area contributed by atoms with Gasteiger partial charge in [-0.05, 0) is 65.0 Å². The van der Waals surface area contributed by atoms with Gasteiger partial charge in [-0.15, -0.1) is 0 Å². The first-order valence-corrected chi connectivity index (χ1v) is 20.3. The van der Waals surface area contributed by atoms with Gasteiger partial charge in [-0.1, -0.05) is 0 Å². The van der Waals surface area contributed by atoms with E-state index in [1.165, 1.54) is 4.57 Å². The first kappa shape index (κ1) is 24.4. The van der Waals surface area contributed by atoms with Gasteiger partial charge in [-0.2, -0.15) is 4.98 Å². The molecular weight excluding hydrogens is 422 g/mol. The van der Waals surface area contributed by atoms with Gasteiger partial charge in [0.15, 0.2) is 31.2 Å². The van der Waals surface area contributed by atoms with Crippen molar-refractivity contribution in [2.75, 3.05) is 12.3 Å². The fourth-order valence-corrected chi connectivity index (χ4v) is 5.94. The van der Waals surface area contributed by atoms with E-state index in [0.29, 0.717) is 6.61 Å². The highest BCUT2D eigenvalue weighted by atomic mass is 28.4. The van der Waals surface area contributed by atoms with E-state index in [1.54, 1.807) is 12.3 Å². The largest absolute Gasteiger partial charge is 0.415 e. The summed E-state index contributed by atoms with van der Waals surface area (Å²) in [4.78, 5) is 16.4. The number of nitrogen functional groups attached to an aromatic ring is 1. The molecule has 11 heteroatoms. The maximum Gasteiger partial charge on any atom is 0.351 e. The number of anilines is 1. The van der Waals surface area contributed by atoms with Gasteiger partial charge >= 0.3 is 5.69 Å². The lowest BCUT2D eigenvalue weighted by atomic mass is 10.1. The molecule has 4 unspecified atom stereocenters. The second-order valence-electron chi connectivity index (χ2n) is 10.4. The Morgan fingerprint density at radius 1 is 1.00 bits per heavy atom. The Balaban J connectivity index is 2.45. The molecule has 0 aliphatic carbocycles. The fraction of sp³-hybridized carbons (Fsp3) is 0.778. The monoisotopic (exact) mass is 459 g/mol. The lowest BCUT2D eigenvalue weighted by Gasteiger charge is -2.34. The molecule has 0 radical (unpaired) electrons. The Hall–Kier alpha value is -0.829. The van der Waals surface area contributed by atoms with Crippen molar-refractivity contribution in [2.45, 2.75) is 83.5 Å². The highest BCUT2D eigenvalue weighted by Gasteiger charge is 2.50. The van der Waals surface area contributed by atoms with E-state index in [4.69, 9.17) is 23.7 Å². The molecule has 2 rings (SSSR count). The number of nitrogens with two attached hydrogens (primary N) is 1. The number of aromatic nitrogens is 2. The molecule has 2 N–H and O–H groups in total. The van der Waals surface area contributed by atoms with Gasteiger partial charge in [0.05, 0.1) is 6.61 Å². The van der Waals surface area contributed by atoms with Gasteiger partial charge in [-0.3, -0.25) is 4.57 Å². The molecule has 0 bridgehead atoms. The highest BCUT2D eigenvalue weighted by molar-refractivity contribution is 6.70. The van der Waals surface area contributed by atoms with E-state index in [2.05, 4.69) is 63.9 Å². The van der Waals surface area contributed by atoms with Gasteiger partial charge in [0, 0.05) is 6.20 Å². The summed E-state index contributed by atoms with van der Waals surface area (Å²) in [5, 5.41) is 0. The van der Waals surface area contributed by atoms with Crippen LogP contribution in [0.3, 0.4) is 0 Å². The second kappa shape index (κ2) is 8.73. The van der Waals surface area contributed by atoms with Crippen molar-refractivity contribution in [1.82, 2.24) is 9.55 Å². The Kier molecular flexibility index (Phi) is 7.36. The molecular formula is C18H37N3O5Si3. The first-order chi connectivity index (χ1) is 13.1. The van der Waals surface area contributed by atoms with Crippen LogP contribution in [0.1, 0.15) is 6.23 Å². The van der Waals surface area contributed by atoms with Gasteiger partial charge in [0.25, 0.3) is 0 Å². The number of hydrogen-bond donors (Lipinski definition) is 1. The summed E-state index contributed by atoms with van der Waals surface area (Å²) in [6.07, 6.45) is -0.0995. The third-order valence-electron chi connectivity index (χ3n) is 4.07. The van der Waals surface area contributed by atoms with Crippen LogP contribution in [-0.4, -0.2) is 59.4 Å². The summed E-state index contributed by atoms with van der Waals surface area (Å²) in [6.45, 7) is 19.6. The first-order valence-electron chi connectivity index (χ1n) is 10.1. The molecule has 0 aromatic carbocycles. The van der Waals surface area contributed by atoms with Crippen molar-refractivity contribution < 1.29 is 18.0 Å². The van der Waals surface area contributed by atoms with Crippen molar-refractivity contribution in [3.05, 3.63) is 22.7 Å². The lowest BCUT2D eigenvalue weighted by molar-refractivity contribution is -0.0496. The zero-order valence-corrected chi connectivity index (χ0v) is 22.2. The summed E-state index contributed by atoms with van der Waals surface area (Å²) in [5.74, 6) is 0.181. The molecule has 166 valence electrons. The molecule has 8 nitrogen and oxygen atoms in total. The van der Waals surface area contributed by atoms with E-state index in [1.807, 2.05) is 0 Å². The van der Waals surface area contributed by atoms with Crippen molar-refractivity contribution in [3.63, 3.8) is 0 Å². The third kappa shape index (κ3) is 7.42. The maximum absolute atomic E-state index is 12.5. The molecule has 0 saturated carbocycles. The highest BCUT2D eigenvalue weighted by Crippen LogP contribution is 2.36. The Bertz CT molecular complexity index is 755. The van der Waals surface area contributed by atoms with Crippen LogP contribution in [0, 0.1) is 0 Å². The molecule has 29 heavy (non-hydrogen) atoms. The smallest absolute Gasteiger partial charge is 0.351 e. The van der Waals surface area contributed by atoms with Gasteiger partial charge in [0.2, 0.25) is 0 Å². The molecule has 2 heterocycles. The topological polar surface area (TPSA) is 97.8 Å². The normalized spacial score (nSPS) is 26.1. The molecule has 1 saturated heterocycles. The van der Waals surface area contributed by atoms with Crippen LogP contribution in [0.2, 0.25) is 58.9 Å². The van der Waals surface area contributed by atoms with Crippen molar-refractivity contribution in [1.29, 1.82) is 0 Å². The Morgan fingerprint density at radius 3 is 2.03 bits per heavy atom. The van der Waals surface area contributed by atoms with E-state index in [-0.39, 0.29) is 18.0 Å². The van der Waals surface area contributed by atoms with Gasteiger partial charge < -0.3 is 23.7 Å². The Labute approximate surface area is 177 Å². The zero-order chi connectivity index (χ0) is 22.2. The summed E-state index contributed by atoms with van der Waals surface area (Å²) < 4.78 is 27.0. The molecule has 1 aromatic rings. The summed E-state index contributed by atoms with van der Waals surface area (Å²) in [6, 6.07) is 1.59. The van der Waals surface area contributed by atoms with E-state index in [9.17, 15) is 4.79 Å². The average Bonchev–Trinajstić information content (AvgIpc) is 2.79. The molecule has 1 aliphatic rings. The molecule has 1 aliphatic heterocycles. The van der Waals surface area contributed by atoms with Crippen LogP contribution in [0.4, 0.5) is 5.82 Å². The molecule has 4 atom stereocenters. The predicted molar refractivity (Wildman–Crippen MR) is 123 cm³/mol. The van der Waals surface area contributed by atoms with Crippen molar-refractivity contribution >= 4 is 30.8 Å². The van der Waals surface area contributed by atoms with Crippen LogP contribution < -0.4 is 11.4 Å². The molecule has 0 spiro atoms. The van der Waals surface area contributed by atoms with Crippen molar-refractivity contribution in [3.8, 4) is 0 Å². The van der Waals surface area contributed by atoms with E-state index in [0.717, 1.165) is 0 Å². The standard InChI is InChI=1S/C18H37N3O5Si3/c1-27(2,3)23-12-13-15(25-28(4,5)6)16(26-29(7,8)9)17(24-13)21-11-10-14(19)20-18(21)22/h10-11,13,15-17H,12H2,1-9H3,(H2,19,20,22). The van der Waals surface area contributed by atoms with E-state index >= 15 is 0 Å². The number of nitrogens with zero attached hydrogens (tertiary/aromatic N) is 2. The van der Waals surface area contributed by atoms with Crippen LogP contribution >= 0.6 is 0 Å². The fourth-order valence-electron chi connectivity index (χ4n) is 3.10. The molecule has 1 aromatic heterocycles. The SMILES string of the molecule is C[Si](C)(C)OCC1OC(n2ccc(N)nc2=O)C(O[Si](C)(C)C)C1O[Si](C)(C)C. The average molecular weight is 460 g/mol. The summed E-state index contributed by atoms with van der Waals surface area (Å²) in [7, 11) is -5.65. The second-order valence-corrected chi connectivity index (χ2v) is 23.9. The summed E-state index contributed by atoms with van der Waals surface area (Å²) in [5.41, 5.74) is 5.21. The number of rotatable bonds is 8. The Morgan fingerprint density at radius 2 is 1.55 bits per heavy atom. The minimum absolute atomic E-state index is 0.181. The number of ether oxygens (including phenoxy) is 1. The number of hydrogen-bond acceptors (Lipinski definition) is 7. The van der Waals surface area contributed by atoms with Gasteiger partial charge in [0.1, 0.15) is 24.1 Å². The predicted octanol–water partition coefficient (Wildman–Crippen LogP) is 3.01. The van der Waals surface area contributed by atoms with E-state index < -0.39 is 43.0 Å². The maximum atomic E-state index is 12.5. The quantitative estimate of drug-likeness (QED) is 0.597. The minimum atomic E-state index is -1.97. The third-order valence-corrected chi connectivity index (χ3v) is 7.06. The van der Waals surface area contributed by atoms with Crippen molar-refractivity contribution in [2.24, 2.45) is 0 Å². The van der Waals surface area contributed by atoms with Crippen LogP contribution in [-0.2, 0) is 18.0 Å². The lowest BCUT2D eigenvalue weighted by Crippen LogP contribution is -2.49. The van der Waals surface area contributed by atoms with Gasteiger partial charge in [-0.25, -0.2) is 4.79 Å². The van der Waals surface area contributed by atoms with Crippen LogP contribution in [0.15, 0.2) is 17.1 Å². The molecule has 1 fully saturated rings. The molecule has 0 amide bonds. The van der Waals surface area contributed by atoms with Crippen LogP contribution in [0.25, 0.3) is 0 Å². The zero-order valence-electron chi connectivity index (χ0n) is 19.2.